The lowest BCUT2D eigenvalue weighted by atomic mass is 10.2. The van der Waals surface area contributed by atoms with Crippen LogP contribution < -0.4 is 10.1 Å². The molecule has 3 rings (SSSR count). The Kier molecular flexibility index (Phi) is 4.48. The summed E-state index contributed by atoms with van der Waals surface area (Å²) in [5.41, 5.74) is 2.27. The number of methoxy groups -OCH3 is 1. The van der Waals surface area contributed by atoms with Gasteiger partial charge < -0.3 is 10.1 Å². The van der Waals surface area contributed by atoms with Gasteiger partial charge in [-0.05, 0) is 37.3 Å². The van der Waals surface area contributed by atoms with Gasteiger partial charge in [-0.15, -0.1) is 5.10 Å². The first kappa shape index (κ1) is 16.0. The molecule has 1 heterocycles. The van der Waals surface area contributed by atoms with Gasteiger partial charge in [-0.1, -0.05) is 35.0 Å². The fourth-order valence-corrected chi connectivity index (χ4v) is 2.53. The van der Waals surface area contributed by atoms with Crippen molar-refractivity contribution in [2.75, 3.05) is 12.4 Å². The van der Waals surface area contributed by atoms with Gasteiger partial charge >= 0.3 is 0 Å². The Bertz CT molecular complexity index is 878. The first-order valence-electron chi connectivity index (χ1n) is 7.23. The first-order valence-corrected chi connectivity index (χ1v) is 7.60. The van der Waals surface area contributed by atoms with Crippen molar-refractivity contribution in [1.29, 1.82) is 0 Å². The lowest BCUT2D eigenvalue weighted by Crippen LogP contribution is -2.14. The molecule has 2 aromatic carbocycles. The Hall–Kier alpha value is -2.86. The van der Waals surface area contributed by atoms with Gasteiger partial charge in [0.25, 0.3) is 5.91 Å². The minimum Gasteiger partial charge on any atom is -0.495 e. The van der Waals surface area contributed by atoms with Crippen molar-refractivity contribution in [2.45, 2.75) is 6.92 Å². The second-order valence-corrected chi connectivity index (χ2v) is 5.48. The maximum Gasteiger partial charge on any atom is 0.278 e. The third kappa shape index (κ3) is 3.09. The molecule has 122 valence electrons. The van der Waals surface area contributed by atoms with Crippen LogP contribution in [0.5, 0.6) is 5.75 Å². The van der Waals surface area contributed by atoms with E-state index in [0.29, 0.717) is 27.8 Å². The van der Waals surface area contributed by atoms with Gasteiger partial charge in [0.05, 0.1) is 23.5 Å². The highest BCUT2D eigenvalue weighted by Crippen LogP contribution is 2.27. The number of carbonyl (C=O) groups is 1. The summed E-state index contributed by atoms with van der Waals surface area (Å²) in [4.78, 5) is 12.4. The van der Waals surface area contributed by atoms with Crippen LogP contribution in [0.25, 0.3) is 5.69 Å². The normalized spacial score (nSPS) is 10.5. The van der Waals surface area contributed by atoms with Gasteiger partial charge in [0, 0.05) is 5.69 Å². The topological polar surface area (TPSA) is 69.0 Å². The van der Waals surface area contributed by atoms with E-state index < -0.39 is 0 Å². The predicted octanol–water partition coefficient (Wildman–Crippen LogP) is 3.49. The van der Waals surface area contributed by atoms with Gasteiger partial charge in [0.2, 0.25) is 0 Å². The predicted molar refractivity (Wildman–Crippen MR) is 92.1 cm³/mol. The number of para-hydroxylation sites is 1. The van der Waals surface area contributed by atoms with Crippen LogP contribution in [0.15, 0.2) is 48.5 Å². The highest BCUT2D eigenvalue weighted by atomic mass is 35.5. The summed E-state index contributed by atoms with van der Waals surface area (Å²) in [7, 11) is 1.55. The summed E-state index contributed by atoms with van der Waals surface area (Å²) in [6.07, 6.45) is 0. The van der Waals surface area contributed by atoms with Crippen molar-refractivity contribution in [3.05, 3.63) is 64.9 Å². The highest BCUT2D eigenvalue weighted by molar-refractivity contribution is 6.32. The molecule has 7 heteroatoms. The monoisotopic (exact) mass is 342 g/mol. The van der Waals surface area contributed by atoms with Crippen LogP contribution >= 0.6 is 11.6 Å². The van der Waals surface area contributed by atoms with E-state index in [1.165, 1.54) is 0 Å². The average Bonchev–Trinajstić information content (AvgIpc) is 2.97. The van der Waals surface area contributed by atoms with Crippen molar-refractivity contribution in [1.82, 2.24) is 15.0 Å². The van der Waals surface area contributed by atoms with Crippen LogP contribution in [-0.4, -0.2) is 28.0 Å². The van der Waals surface area contributed by atoms with Crippen LogP contribution in [0.1, 0.15) is 16.2 Å². The second kappa shape index (κ2) is 6.72. The fourth-order valence-electron chi connectivity index (χ4n) is 2.28. The number of nitrogens with one attached hydrogen (secondary N) is 1. The van der Waals surface area contributed by atoms with E-state index in [1.807, 2.05) is 18.2 Å². The van der Waals surface area contributed by atoms with Gasteiger partial charge in [-0.3, -0.25) is 4.79 Å². The molecule has 0 aliphatic heterocycles. The average molecular weight is 343 g/mol. The molecule has 1 amide bonds. The SMILES string of the molecule is COc1ccc(-n2nnc(C(=O)Nc3ccccc3)c2C)cc1Cl. The Morgan fingerprint density at radius 1 is 1.21 bits per heavy atom. The Balaban J connectivity index is 1.88. The van der Waals surface area contributed by atoms with E-state index in [1.54, 1.807) is 49.0 Å². The summed E-state index contributed by atoms with van der Waals surface area (Å²) in [5, 5.41) is 11.3. The molecule has 0 aliphatic rings. The van der Waals surface area contributed by atoms with Crippen LogP contribution in [0.2, 0.25) is 5.02 Å². The number of rotatable bonds is 4. The van der Waals surface area contributed by atoms with Gasteiger partial charge in [-0.25, -0.2) is 4.68 Å². The number of halogens is 1. The third-order valence-electron chi connectivity index (χ3n) is 3.52. The minimum atomic E-state index is -0.315. The van der Waals surface area contributed by atoms with Crippen LogP contribution in [-0.2, 0) is 0 Å². The standard InChI is InChI=1S/C17H15ClN4O2/c1-11-16(17(23)19-12-6-4-3-5-7-12)20-21-22(11)13-8-9-15(24-2)14(18)10-13/h3-10H,1-2H3,(H,19,23). The van der Waals surface area contributed by atoms with Crippen molar-refractivity contribution in [3.8, 4) is 11.4 Å². The largest absolute Gasteiger partial charge is 0.495 e. The van der Waals surface area contributed by atoms with E-state index in [2.05, 4.69) is 15.6 Å². The van der Waals surface area contributed by atoms with Gasteiger partial charge in [0.15, 0.2) is 5.69 Å². The minimum absolute atomic E-state index is 0.255. The van der Waals surface area contributed by atoms with E-state index in [4.69, 9.17) is 16.3 Å². The van der Waals surface area contributed by atoms with Gasteiger partial charge in [0.1, 0.15) is 5.75 Å². The molecule has 0 fully saturated rings. The zero-order valence-corrected chi connectivity index (χ0v) is 13.9. The van der Waals surface area contributed by atoms with Crippen LogP contribution in [0.4, 0.5) is 5.69 Å². The quantitative estimate of drug-likeness (QED) is 0.788. The van der Waals surface area contributed by atoms with Crippen LogP contribution in [0.3, 0.4) is 0 Å². The number of carbonyl (C=O) groups excluding carboxylic acids is 1. The second-order valence-electron chi connectivity index (χ2n) is 5.07. The first-order chi connectivity index (χ1) is 11.6. The molecule has 0 atom stereocenters. The van der Waals surface area contributed by atoms with E-state index in [0.717, 1.165) is 0 Å². The fraction of sp³-hybridized carbons (Fsp3) is 0.118. The van der Waals surface area contributed by atoms with Gasteiger partial charge in [-0.2, -0.15) is 0 Å². The summed E-state index contributed by atoms with van der Waals surface area (Å²) in [5.74, 6) is 0.254. The number of nitrogens with zero attached hydrogens (tertiary/aromatic N) is 3. The Morgan fingerprint density at radius 2 is 1.96 bits per heavy atom. The van der Waals surface area contributed by atoms with E-state index in [9.17, 15) is 4.79 Å². The lowest BCUT2D eigenvalue weighted by molar-refractivity contribution is 0.102. The molecule has 0 unspecified atom stereocenters. The number of amides is 1. The number of benzene rings is 2. The van der Waals surface area contributed by atoms with E-state index in [-0.39, 0.29) is 11.6 Å². The number of aromatic nitrogens is 3. The maximum atomic E-state index is 12.4. The molecule has 24 heavy (non-hydrogen) atoms. The van der Waals surface area contributed by atoms with E-state index >= 15 is 0 Å². The molecule has 3 aromatic rings. The molecule has 6 nitrogen and oxygen atoms in total. The van der Waals surface area contributed by atoms with Crippen molar-refractivity contribution in [3.63, 3.8) is 0 Å². The molecule has 0 aliphatic carbocycles. The zero-order valence-electron chi connectivity index (χ0n) is 13.2. The molecule has 0 radical (unpaired) electrons. The summed E-state index contributed by atoms with van der Waals surface area (Å²) in [6, 6.07) is 14.4. The molecule has 0 saturated heterocycles. The molecule has 1 aromatic heterocycles. The molecule has 0 bridgehead atoms. The van der Waals surface area contributed by atoms with Crippen molar-refractivity contribution >= 4 is 23.2 Å². The third-order valence-corrected chi connectivity index (χ3v) is 3.82. The number of hydrogen-bond donors (Lipinski definition) is 1. The zero-order chi connectivity index (χ0) is 17.1. The number of ether oxygens (including phenoxy) is 1. The Labute approximate surface area is 144 Å². The highest BCUT2D eigenvalue weighted by Gasteiger charge is 2.18. The molecule has 0 saturated carbocycles. The molecule has 1 N–H and O–H groups in total. The maximum absolute atomic E-state index is 12.4. The molecular weight excluding hydrogens is 328 g/mol. The molecule has 0 spiro atoms. The summed E-state index contributed by atoms with van der Waals surface area (Å²) in [6.45, 7) is 1.78. The smallest absolute Gasteiger partial charge is 0.278 e. The van der Waals surface area contributed by atoms with Crippen molar-refractivity contribution < 1.29 is 9.53 Å². The Morgan fingerprint density at radius 3 is 2.62 bits per heavy atom. The van der Waals surface area contributed by atoms with Crippen molar-refractivity contribution in [2.24, 2.45) is 0 Å². The lowest BCUT2D eigenvalue weighted by Gasteiger charge is -2.07. The summed E-state index contributed by atoms with van der Waals surface area (Å²) >= 11 is 6.14. The number of anilines is 1. The number of hydrogen-bond acceptors (Lipinski definition) is 4. The van der Waals surface area contributed by atoms with Crippen LogP contribution in [0, 0.1) is 6.92 Å². The molecular formula is C17H15ClN4O2. The summed E-state index contributed by atoms with van der Waals surface area (Å²) < 4.78 is 6.70.